The first-order chi connectivity index (χ1) is 12.0. The molecule has 1 aromatic rings. The number of hydrogen-bond donors (Lipinski definition) is 0. The first-order valence-corrected chi connectivity index (χ1v) is 9.22. The van der Waals surface area contributed by atoms with Crippen molar-refractivity contribution in [3.8, 4) is 0 Å². The average molecular weight is 348 g/mol. The zero-order chi connectivity index (χ0) is 17.8. The standard InChI is InChI=1S/C18H28N4O3/c1-14(2)16-11-17(23)22(13-19-16)12-15-3-5-20(6-4-15)18(24)21-7-9-25-10-8-21/h11,13-15H,3-10,12H2,1-2H3. The van der Waals surface area contributed by atoms with E-state index in [1.165, 1.54) is 0 Å². The third-order valence-electron chi connectivity index (χ3n) is 5.11. The Balaban J connectivity index is 1.52. The van der Waals surface area contributed by atoms with E-state index in [1.807, 2.05) is 23.6 Å². The van der Waals surface area contributed by atoms with E-state index in [2.05, 4.69) is 4.98 Å². The van der Waals surface area contributed by atoms with Crippen molar-refractivity contribution in [2.45, 2.75) is 39.2 Å². The van der Waals surface area contributed by atoms with Gasteiger partial charge in [-0.15, -0.1) is 0 Å². The Kier molecular flexibility index (Phi) is 5.73. The lowest BCUT2D eigenvalue weighted by Crippen LogP contribution is -2.50. The predicted molar refractivity (Wildman–Crippen MR) is 94.7 cm³/mol. The van der Waals surface area contributed by atoms with Gasteiger partial charge in [-0.3, -0.25) is 9.36 Å². The normalized spacial score (nSPS) is 19.5. The Bertz CT molecular complexity index is 644. The van der Waals surface area contributed by atoms with Crippen molar-refractivity contribution in [1.29, 1.82) is 0 Å². The third-order valence-corrected chi connectivity index (χ3v) is 5.11. The quantitative estimate of drug-likeness (QED) is 0.831. The maximum atomic E-state index is 12.5. The van der Waals surface area contributed by atoms with Gasteiger partial charge in [0, 0.05) is 38.8 Å². The smallest absolute Gasteiger partial charge is 0.320 e. The largest absolute Gasteiger partial charge is 0.378 e. The van der Waals surface area contributed by atoms with Crippen molar-refractivity contribution in [2.75, 3.05) is 39.4 Å². The predicted octanol–water partition coefficient (Wildman–Crippen LogP) is 1.53. The Hall–Kier alpha value is -1.89. The molecule has 0 unspecified atom stereocenters. The van der Waals surface area contributed by atoms with Gasteiger partial charge in [0.2, 0.25) is 0 Å². The molecule has 0 radical (unpaired) electrons. The fraction of sp³-hybridized carbons (Fsp3) is 0.722. The third kappa shape index (κ3) is 4.39. The molecule has 0 saturated carbocycles. The van der Waals surface area contributed by atoms with Crippen molar-refractivity contribution in [3.63, 3.8) is 0 Å². The number of urea groups is 1. The van der Waals surface area contributed by atoms with Crippen LogP contribution < -0.4 is 5.56 Å². The van der Waals surface area contributed by atoms with Gasteiger partial charge in [0.25, 0.3) is 5.56 Å². The van der Waals surface area contributed by atoms with Gasteiger partial charge in [0.05, 0.1) is 25.2 Å². The Labute approximate surface area is 148 Å². The minimum atomic E-state index is 0.0190. The number of carbonyl (C=O) groups excluding carboxylic acids is 1. The van der Waals surface area contributed by atoms with Gasteiger partial charge in [-0.2, -0.15) is 0 Å². The summed E-state index contributed by atoms with van der Waals surface area (Å²) in [6, 6.07) is 1.77. The number of ether oxygens (including phenoxy) is 1. The summed E-state index contributed by atoms with van der Waals surface area (Å²) in [5.74, 6) is 0.676. The van der Waals surface area contributed by atoms with E-state index in [1.54, 1.807) is 17.0 Å². The van der Waals surface area contributed by atoms with E-state index in [0.29, 0.717) is 38.8 Å². The molecule has 0 N–H and O–H groups in total. The molecule has 0 aromatic carbocycles. The molecule has 138 valence electrons. The van der Waals surface area contributed by atoms with Crippen molar-refractivity contribution in [1.82, 2.24) is 19.4 Å². The van der Waals surface area contributed by atoms with E-state index < -0.39 is 0 Å². The van der Waals surface area contributed by atoms with Crippen molar-refractivity contribution in [3.05, 3.63) is 28.4 Å². The van der Waals surface area contributed by atoms with E-state index in [0.717, 1.165) is 31.6 Å². The van der Waals surface area contributed by atoms with Gasteiger partial charge < -0.3 is 14.5 Å². The van der Waals surface area contributed by atoms with Crippen LogP contribution in [-0.2, 0) is 11.3 Å². The zero-order valence-electron chi connectivity index (χ0n) is 15.2. The Morgan fingerprint density at radius 1 is 1.20 bits per heavy atom. The molecule has 0 atom stereocenters. The summed E-state index contributed by atoms with van der Waals surface area (Å²) in [5, 5.41) is 0. The minimum absolute atomic E-state index is 0.0190. The molecule has 0 spiro atoms. The van der Waals surface area contributed by atoms with Crippen molar-refractivity contribution >= 4 is 6.03 Å². The summed E-state index contributed by atoms with van der Waals surface area (Å²) in [6.45, 7) is 8.89. The number of piperidine rings is 1. The van der Waals surface area contributed by atoms with Gasteiger partial charge in [0.1, 0.15) is 0 Å². The molecule has 25 heavy (non-hydrogen) atoms. The monoisotopic (exact) mass is 348 g/mol. The molecular formula is C18H28N4O3. The summed E-state index contributed by atoms with van der Waals surface area (Å²) < 4.78 is 7.01. The number of morpholine rings is 1. The highest BCUT2D eigenvalue weighted by molar-refractivity contribution is 5.74. The Morgan fingerprint density at radius 2 is 1.84 bits per heavy atom. The Morgan fingerprint density at radius 3 is 2.44 bits per heavy atom. The second-order valence-electron chi connectivity index (χ2n) is 7.27. The van der Waals surface area contributed by atoms with Crippen LogP contribution in [0.1, 0.15) is 38.3 Å². The van der Waals surface area contributed by atoms with Gasteiger partial charge in [-0.05, 0) is 24.7 Å². The molecule has 2 saturated heterocycles. The van der Waals surface area contributed by atoms with Crippen molar-refractivity contribution < 1.29 is 9.53 Å². The summed E-state index contributed by atoms with van der Waals surface area (Å²) in [7, 11) is 0. The van der Waals surface area contributed by atoms with Crippen LogP contribution in [0, 0.1) is 5.92 Å². The summed E-state index contributed by atoms with van der Waals surface area (Å²) in [5.41, 5.74) is 0.859. The minimum Gasteiger partial charge on any atom is -0.378 e. The fourth-order valence-corrected chi connectivity index (χ4v) is 3.43. The van der Waals surface area contributed by atoms with E-state index >= 15 is 0 Å². The van der Waals surface area contributed by atoms with Gasteiger partial charge in [0.15, 0.2) is 0 Å². The van der Waals surface area contributed by atoms with Crippen LogP contribution in [0.4, 0.5) is 4.79 Å². The molecule has 3 heterocycles. The number of aromatic nitrogens is 2. The summed E-state index contributed by atoms with van der Waals surface area (Å²) in [6.07, 6.45) is 3.52. The molecule has 7 nitrogen and oxygen atoms in total. The molecule has 0 bridgehead atoms. The molecule has 2 aliphatic heterocycles. The lowest BCUT2D eigenvalue weighted by Gasteiger charge is -2.37. The van der Waals surface area contributed by atoms with Crippen LogP contribution in [0.15, 0.2) is 17.2 Å². The number of hydrogen-bond acceptors (Lipinski definition) is 4. The lowest BCUT2D eigenvalue weighted by molar-refractivity contribution is 0.0397. The molecule has 1 aromatic heterocycles. The second kappa shape index (κ2) is 7.99. The first-order valence-electron chi connectivity index (χ1n) is 9.22. The number of nitrogens with zero attached hydrogens (tertiary/aromatic N) is 4. The lowest BCUT2D eigenvalue weighted by atomic mass is 9.97. The van der Waals surface area contributed by atoms with Crippen LogP contribution >= 0.6 is 0 Å². The van der Waals surface area contributed by atoms with Crippen LogP contribution in [0.3, 0.4) is 0 Å². The summed E-state index contributed by atoms with van der Waals surface area (Å²) in [4.78, 5) is 32.9. The van der Waals surface area contributed by atoms with Gasteiger partial charge in [-0.1, -0.05) is 13.8 Å². The van der Waals surface area contributed by atoms with E-state index in [-0.39, 0.29) is 17.5 Å². The number of amides is 2. The highest BCUT2D eigenvalue weighted by Crippen LogP contribution is 2.20. The van der Waals surface area contributed by atoms with Crippen LogP contribution in [0.2, 0.25) is 0 Å². The molecule has 2 amide bonds. The average Bonchev–Trinajstić information content (AvgIpc) is 2.64. The van der Waals surface area contributed by atoms with Crippen LogP contribution in [-0.4, -0.2) is 64.8 Å². The molecule has 0 aliphatic carbocycles. The van der Waals surface area contributed by atoms with Crippen LogP contribution in [0.5, 0.6) is 0 Å². The molecule has 7 heteroatoms. The summed E-state index contributed by atoms with van der Waals surface area (Å²) >= 11 is 0. The first kappa shape index (κ1) is 17.9. The van der Waals surface area contributed by atoms with E-state index in [4.69, 9.17) is 4.74 Å². The topological polar surface area (TPSA) is 67.7 Å². The SMILES string of the molecule is CC(C)c1cc(=O)n(CC2CCN(C(=O)N3CCOCC3)CC2)cn1. The maximum absolute atomic E-state index is 12.5. The number of carbonyl (C=O) groups is 1. The maximum Gasteiger partial charge on any atom is 0.320 e. The number of rotatable bonds is 3. The number of likely N-dealkylation sites (tertiary alicyclic amines) is 1. The van der Waals surface area contributed by atoms with Gasteiger partial charge >= 0.3 is 6.03 Å². The fourth-order valence-electron chi connectivity index (χ4n) is 3.43. The van der Waals surface area contributed by atoms with E-state index in [9.17, 15) is 9.59 Å². The van der Waals surface area contributed by atoms with Crippen molar-refractivity contribution in [2.24, 2.45) is 5.92 Å². The molecule has 2 fully saturated rings. The van der Waals surface area contributed by atoms with Gasteiger partial charge in [-0.25, -0.2) is 9.78 Å². The molecular weight excluding hydrogens is 320 g/mol. The highest BCUT2D eigenvalue weighted by Gasteiger charge is 2.27. The van der Waals surface area contributed by atoms with Crippen LogP contribution in [0.25, 0.3) is 0 Å². The molecule has 3 rings (SSSR count). The molecule has 2 aliphatic rings. The highest BCUT2D eigenvalue weighted by atomic mass is 16.5. The zero-order valence-corrected chi connectivity index (χ0v) is 15.2. The second-order valence-corrected chi connectivity index (χ2v) is 7.27.